The van der Waals surface area contributed by atoms with Crippen LogP contribution in [0.5, 0.6) is 0 Å². The van der Waals surface area contributed by atoms with Gasteiger partial charge in [-0.1, -0.05) is 46.3 Å². The summed E-state index contributed by atoms with van der Waals surface area (Å²) < 4.78 is 1.02. The summed E-state index contributed by atoms with van der Waals surface area (Å²) in [5, 5.41) is 2.93. The molecule has 102 valence electrons. The van der Waals surface area contributed by atoms with Crippen LogP contribution < -0.4 is 5.32 Å². The average Bonchev–Trinajstić information content (AvgIpc) is 2.42. The van der Waals surface area contributed by atoms with Crippen LogP contribution in [0, 0.1) is 13.8 Å². The number of anilines is 1. The fourth-order valence-corrected chi connectivity index (χ4v) is 2.19. The van der Waals surface area contributed by atoms with Gasteiger partial charge >= 0.3 is 0 Å². The van der Waals surface area contributed by atoms with E-state index in [1.54, 1.807) is 12.2 Å². The van der Waals surface area contributed by atoms with E-state index in [-0.39, 0.29) is 5.91 Å². The first-order valence-corrected chi connectivity index (χ1v) is 7.16. The van der Waals surface area contributed by atoms with Gasteiger partial charge in [0.05, 0.1) is 0 Å². The zero-order valence-corrected chi connectivity index (χ0v) is 13.1. The van der Waals surface area contributed by atoms with Gasteiger partial charge < -0.3 is 5.32 Å². The molecule has 3 heteroatoms. The van der Waals surface area contributed by atoms with Gasteiger partial charge in [-0.05, 0) is 48.7 Å². The zero-order chi connectivity index (χ0) is 14.5. The second-order valence-electron chi connectivity index (χ2n) is 4.64. The molecule has 20 heavy (non-hydrogen) atoms. The van der Waals surface area contributed by atoms with Gasteiger partial charge in [-0.25, -0.2) is 0 Å². The minimum atomic E-state index is -0.120. The Morgan fingerprint density at radius 1 is 1.05 bits per heavy atom. The second kappa shape index (κ2) is 6.53. The molecule has 0 heterocycles. The van der Waals surface area contributed by atoms with Crippen molar-refractivity contribution in [1.29, 1.82) is 0 Å². The van der Waals surface area contributed by atoms with Gasteiger partial charge in [0.2, 0.25) is 5.91 Å². The predicted molar refractivity (Wildman–Crippen MR) is 87.7 cm³/mol. The van der Waals surface area contributed by atoms with Crippen molar-refractivity contribution >= 4 is 33.6 Å². The third kappa shape index (κ3) is 3.81. The third-order valence-electron chi connectivity index (χ3n) is 3.03. The molecule has 0 spiro atoms. The van der Waals surface area contributed by atoms with Crippen LogP contribution in [0.1, 0.15) is 16.7 Å². The number of hydrogen-bond donors (Lipinski definition) is 1. The first kappa shape index (κ1) is 14.5. The number of nitrogens with one attached hydrogen (secondary N) is 1. The standard InChI is InChI=1S/C17H16BrNO/c1-12-4-3-5-13(2)17(12)19-16(20)11-8-14-6-9-15(18)10-7-14/h3-11H,1-2H3,(H,19,20). The van der Waals surface area contributed by atoms with Gasteiger partial charge in [-0.15, -0.1) is 0 Å². The van der Waals surface area contributed by atoms with E-state index in [2.05, 4.69) is 21.2 Å². The van der Waals surface area contributed by atoms with Crippen LogP contribution in [0.2, 0.25) is 0 Å². The highest BCUT2D eigenvalue weighted by atomic mass is 79.9. The number of para-hydroxylation sites is 1. The zero-order valence-electron chi connectivity index (χ0n) is 11.5. The van der Waals surface area contributed by atoms with Gasteiger partial charge in [0, 0.05) is 16.2 Å². The van der Waals surface area contributed by atoms with Crippen molar-refractivity contribution in [2.24, 2.45) is 0 Å². The fraction of sp³-hybridized carbons (Fsp3) is 0.118. The van der Waals surface area contributed by atoms with Crippen molar-refractivity contribution in [1.82, 2.24) is 0 Å². The molecule has 0 aliphatic rings. The lowest BCUT2D eigenvalue weighted by atomic mass is 10.1. The lowest BCUT2D eigenvalue weighted by molar-refractivity contribution is -0.111. The molecule has 2 rings (SSSR count). The van der Waals surface area contributed by atoms with Gasteiger partial charge in [-0.3, -0.25) is 4.79 Å². The third-order valence-corrected chi connectivity index (χ3v) is 3.56. The summed E-state index contributed by atoms with van der Waals surface area (Å²) in [6.45, 7) is 3.97. The molecule has 0 atom stereocenters. The Bertz CT molecular complexity index is 624. The van der Waals surface area contributed by atoms with Crippen LogP contribution in [-0.2, 0) is 4.79 Å². The number of halogens is 1. The smallest absolute Gasteiger partial charge is 0.248 e. The molecule has 0 bridgehead atoms. The molecule has 0 radical (unpaired) electrons. The summed E-state index contributed by atoms with van der Waals surface area (Å²) in [5.74, 6) is -0.120. The summed E-state index contributed by atoms with van der Waals surface area (Å²) >= 11 is 3.38. The predicted octanol–water partition coefficient (Wildman–Crippen LogP) is 4.72. The van der Waals surface area contributed by atoms with Crippen LogP contribution in [0.4, 0.5) is 5.69 Å². The van der Waals surface area contributed by atoms with Gasteiger partial charge in [0.1, 0.15) is 0 Å². The van der Waals surface area contributed by atoms with E-state index in [4.69, 9.17) is 0 Å². The summed E-state index contributed by atoms with van der Waals surface area (Å²) in [4.78, 5) is 11.9. The van der Waals surface area contributed by atoms with E-state index >= 15 is 0 Å². The summed E-state index contributed by atoms with van der Waals surface area (Å²) in [6, 6.07) is 13.8. The molecule has 1 amide bonds. The molecule has 0 unspecified atom stereocenters. The number of aryl methyl sites for hydroxylation is 2. The summed E-state index contributed by atoms with van der Waals surface area (Å²) in [7, 11) is 0. The Morgan fingerprint density at radius 2 is 1.65 bits per heavy atom. The lowest BCUT2D eigenvalue weighted by Crippen LogP contribution is -2.10. The number of hydrogen-bond acceptors (Lipinski definition) is 1. The highest BCUT2D eigenvalue weighted by Crippen LogP contribution is 2.19. The van der Waals surface area contributed by atoms with Crippen LogP contribution in [0.3, 0.4) is 0 Å². The van der Waals surface area contributed by atoms with E-state index in [1.165, 1.54) is 0 Å². The molecule has 1 N–H and O–H groups in total. The maximum Gasteiger partial charge on any atom is 0.248 e. The van der Waals surface area contributed by atoms with E-state index in [0.29, 0.717) is 0 Å². The van der Waals surface area contributed by atoms with Crippen molar-refractivity contribution in [3.8, 4) is 0 Å². The number of carbonyl (C=O) groups excluding carboxylic acids is 1. The van der Waals surface area contributed by atoms with Crippen LogP contribution in [-0.4, -0.2) is 5.91 Å². The molecule has 0 aromatic heterocycles. The average molecular weight is 330 g/mol. The highest BCUT2D eigenvalue weighted by molar-refractivity contribution is 9.10. The molecule has 0 aliphatic carbocycles. The normalized spacial score (nSPS) is 10.8. The first-order chi connectivity index (χ1) is 9.56. The van der Waals surface area contributed by atoms with Gasteiger partial charge in [0.15, 0.2) is 0 Å². The SMILES string of the molecule is Cc1cccc(C)c1NC(=O)C=Cc1ccc(Br)cc1. The Balaban J connectivity index is 2.07. The Morgan fingerprint density at radius 3 is 2.25 bits per heavy atom. The van der Waals surface area contributed by atoms with Crippen LogP contribution >= 0.6 is 15.9 Å². The fourth-order valence-electron chi connectivity index (χ4n) is 1.92. The first-order valence-electron chi connectivity index (χ1n) is 6.37. The van der Waals surface area contributed by atoms with Crippen LogP contribution in [0.25, 0.3) is 6.08 Å². The molecule has 2 aromatic carbocycles. The Hall–Kier alpha value is -1.87. The molecule has 2 nitrogen and oxygen atoms in total. The molecule has 0 saturated carbocycles. The second-order valence-corrected chi connectivity index (χ2v) is 5.56. The number of rotatable bonds is 3. The summed E-state index contributed by atoms with van der Waals surface area (Å²) in [5.41, 5.74) is 4.01. The van der Waals surface area contributed by atoms with Crippen molar-refractivity contribution in [2.75, 3.05) is 5.32 Å². The van der Waals surface area contributed by atoms with E-state index in [9.17, 15) is 4.79 Å². The van der Waals surface area contributed by atoms with Gasteiger partial charge in [0.25, 0.3) is 0 Å². The Kier molecular flexibility index (Phi) is 4.74. The van der Waals surface area contributed by atoms with Crippen molar-refractivity contribution in [2.45, 2.75) is 13.8 Å². The topological polar surface area (TPSA) is 29.1 Å². The molecule has 0 aliphatic heterocycles. The van der Waals surface area contributed by atoms with Crippen molar-refractivity contribution in [3.05, 3.63) is 69.7 Å². The maximum absolute atomic E-state index is 11.9. The molecule has 0 fully saturated rings. The lowest BCUT2D eigenvalue weighted by Gasteiger charge is -2.09. The molecule has 0 saturated heterocycles. The number of amides is 1. The number of benzene rings is 2. The largest absolute Gasteiger partial charge is 0.322 e. The molecular weight excluding hydrogens is 314 g/mol. The number of carbonyl (C=O) groups is 1. The van der Waals surface area contributed by atoms with Crippen LogP contribution in [0.15, 0.2) is 53.0 Å². The minimum Gasteiger partial charge on any atom is -0.322 e. The summed E-state index contributed by atoms with van der Waals surface area (Å²) in [6.07, 6.45) is 3.35. The maximum atomic E-state index is 11.9. The monoisotopic (exact) mass is 329 g/mol. The molecule has 2 aromatic rings. The highest BCUT2D eigenvalue weighted by Gasteiger charge is 2.04. The van der Waals surface area contributed by atoms with E-state index < -0.39 is 0 Å². The van der Waals surface area contributed by atoms with E-state index in [1.807, 2.05) is 56.3 Å². The Labute approximate surface area is 127 Å². The van der Waals surface area contributed by atoms with E-state index in [0.717, 1.165) is 26.9 Å². The van der Waals surface area contributed by atoms with Crippen molar-refractivity contribution < 1.29 is 4.79 Å². The quantitative estimate of drug-likeness (QED) is 0.811. The molecular formula is C17H16BrNO. The van der Waals surface area contributed by atoms with Crippen molar-refractivity contribution in [3.63, 3.8) is 0 Å². The van der Waals surface area contributed by atoms with Gasteiger partial charge in [-0.2, -0.15) is 0 Å². The minimum absolute atomic E-state index is 0.120.